The quantitative estimate of drug-likeness (QED) is 0.827. The van der Waals surface area contributed by atoms with E-state index in [-0.39, 0.29) is 11.1 Å². The van der Waals surface area contributed by atoms with Crippen LogP contribution < -0.4 is 0 Å². The molecule has 0 aliphatic heterocycles. The summed E-state index contributed by atoms with van der Waals surface area (Å²) in [6, 6.07) is 5.02. The zero-order valence-electron chi connectivity index (χ0n) is 9.43. The van der Waals surface area contributed by atoms with Gasteiger partial charge < -0.3 is 10.2 Å². The Bertz CT molecular complexity index is 306. The third kappa shape index (κ3) is 5.14. The van der Waals surface area contributed by atoms with Gasteiger partial charge in [0.05, 0.1) is 11.1 Å². The largest absolute Gasteiger partial charge is 0.478 e. The van der Waals surface area contributed by atoms with Crippen molar-refractivity contribution in [2.24, 2.45) is 0 Å². The predicted octanol–water partition coefficient (Wildman–Crippen LogP) is 2.89. The van der Waals surface area contributed by atoms with Crippen LogP contribution in [-0.4, -0.2) is 22.2 Å². The number of aromatic carboxylic acids is 2. The van der Waals surface area contributed by atoms with E-state index in [1.165, 1.54) is 37.1 Å². The van der Waals surface area contributed by atoms with Crippen molar-refractivity contribution in [2.45, 2.75) is 26.7 Å². The van der Waals surface area contributed by atoms with Crippen molar-refractivity contribution in [3.8, 4) is 0 Å². The molecule has 0 aromatic heterocycles. The molecule has 0 unspecified atom stereocenters. The van der Waals surface area contributed by atoms with Gasteiger partial charge in [-0.15, -0.1) is 0 Å². The van der Waals surface area contributed by atoms with Crippen LogP contribution in [0.15, 0.2) is 24.3 Å². The van der Waals surface area contributed by atoms with Crippen molar-refractivity contribution in [2.75, 3.05) is 0 Å². The van der Waals surface area contributed by atoms with Gasteiger partial charge in [-0.1, -0.05) is 26.7 Å². The highest BCUT2D eigenvalue weighted by molar-refractivity contribution is 5.91. The van der Waals surface area contributed by atoms with Crippen LogP contribution in [0.3, 0.4) is 0 Å². The first kappa shape index (κ1) is 14.2. The second-order valence-electron chi connectivity index (χ2n) is 3.19. The molecule has 0 saturated carbocycles. The minimum absolute atomic E-state index is 0.0833. The highest BCUT2D eigenvalue weighted by atomic mass is 16.4. The average Bonchev–Trinajstić information content (AvgIpc) is 2.29. The summed E-state index contributed by atoms with van der Waals surface area (Å²) in [5, 5.41) is 16.9. The van der Waals surface area contributed by atoms with E-state index < -0.39 is 11.9 Å². The van der Waals surface area contributed by atoms with Crippen molar-refractivity contribution >= 4 is 11.9 Å². The van der Waals surface area contributed by atoms with Crippen LogP contribution in [0.1, 0.15) is 47.4 Å². The summed E-state index contributed by atoms with van der Waals surface area (Å²) < 4.78 is 0. The first-order valence-electron chi connectivity index (χ1n) is 5.09. The molecule has 0 atom stereocenters. The molecule has 0 bridgehead atoms. The molecule has 0 aliphatic rings. The number of hydrogen-bond donors (Lipinski definition) is 2. The number of carboxylic acid groups (broad SMARTS) is 2. The fourth-order valence-electron chi connectivity index (χ4n) is 0.755. The Balaban J connectivity index is 0.000000487. The molecule has 1 rings (SSSR count). The van der Waals surface area contributed by atoms with Gasteiger partial charge in [-0.2, -0.15) is 0 Å². The van der Waals surface area contributed by atoms with E-state index in [1.54, 1.807) is 0 Å². The summed E-state index contributed by atoms with van der Waals surface area (Å²) in [6.45, 7) is 4.36. The van der Waals surface area contributed by atoms with E-state index in [2.05, 4.69) is 13.8 Å². The molecule has 0 amide bonds. The van der Waals surface area contributed by atoms with Crippen LogP contribution in [-0.2, 0) is 0 Å². The second-order valence-corrected chi connectivity index (χ2v) is 3.19. The van der Waals surface area contributed by atoms with Crippen molar-refractivity contribution < 1.29 is 19.8 Å². The molecule has 0 heterocycles. The van der Waals surface area contributed by atoms with Crippen LogP contribution in [0.2, 0.25) is 0 Å². The molecule has 2 N–H and O–H groups in total. The first-order valence-corrected chi connectivity index (χ1v) is 5.09. The number of hydrogen-bond acceptors (Lipinski definition) is 2. The lowest BCUT2D eigenvalue weighted by Crippen LogP contribution is -1.99. The van der Waals surface area contributed by atoms with E-state index in [0.29, 0.717) is 0 Å². The summed E-state index contributed by atoms with van der Waals surface area (Å²) in [4.78, 5) is 20.7. The number of rotatable bonds is 3. The standard InChI is InChI=1S/C8H6O4.C4H10/c9-7(10)5-1-2-6(4-3-5)8(11)12;1-3-4-2/h1-4H,(H,9,10)(H,11,12);3-4H2,1-2H3. The van der Waals surface area contributed by atoms with Crippen LogP contribution >= 0.6 is 0 Å². The minimum Gasteiger partial charge on any atom is -0.478 e. The Morgan fingerprint density at radius 1 is 0.875 bits per heavy atom. The van der Waals surface area contributed by atoms with E-state index in [0.717, 1.165) is 0 Å². The lowest BCUT2D eigenvalue weighted by atomic mass is 10.1. The van der Waals surface area contributed by atoms with Crippen molar-refractivity contribution in [3.63, 3.8) is 0 Å². The van der Waals surface area contributed by atoms with E-state index in [4.69, 9.17) is 10.2 Å². The summed E-state index contributed by atoms with van der Waals surface area (Å²) in [7, 11) is 0. The van der Waals surface area contributed by atoms with E-state index >= 15 is 0 Å². The molecule has 0 spiro atoms. The number of carboxylic acids is 2. The maximum absolute atomic E-state index is 10.3. The van der Waals surface area contributed by atoms with Gasteiger partial charge in [0.2, 0.25) is 0 Å². The minimum atomic E-state index is -1.06. The first-order chi connectivity index (χ1) is 7.52. The monoisotopic (exact) mass is 224 g/mol. The molecule has 4 nitrogen and oxygen atoms in total. The summed E-state index contributed by atoms with van der Waals surface area (Å²) in [6.07, 6.45) is 2.64. The molecule has 1 aromatic rings. The van der Waals surface area contributed by atoms with E-state index in [9.17, 15) is 9.59 Å². The SMILES string of the molecule is CCCC.O=C(O)c1ccc(C(=O)O)cc1. The fourth-order valence-corrected chi connectivity index (χ4v) is 0.755. The molecule has 0 aliphatic carbocycles. The molecule has 4 heteroatoms. The summed E-state index contributed by atoms with van der Waals surface area (Å²) in [5.41, 5.74) is 0.167. The third-order valence-electron chi connectivity index (χ3n) is 1.88. The Labute approximate surface area is 94.5 Å². The lowest BCUT2D eigenvalue weighted by Gasteiger charge is -1.94. The van der Waals surface area contributed by atoms with E-state index in [1.807, 2.05) is 0 Å². The Morgan fingerprint density at radius 3 is 1.25 bits per heavy atom. The molecule has 1 aromatic carbocycles. The Hall–Kier alpha value is -1.84. The van der Waals surface area contributed by atoms with Gasteiger partial charge in [-0.3, -0.25) is 0 Å². The average molecular weight is 224 g/mol. The van der Waals surface area contributed by atoms with Crippen molar-refractivity contribution in [3.05, 3.63) is 35.4 Å². The van der Waals surface area contributed by atoms with Crippen LogP contribution in [0, 0.1) is 0 Å². The maximum Gasteiger partial charge on any atom is 0.335 e. The highest BCUT2D eigenvalue weighted by Gasteiger charge is 2.04. The van der Waals surface area contributed by atoms with Crippen LogP contribution in [0.4, 0.5) is 0 Å². The number of unbranched alkanes of at least 4 members (excludes halogenated alkanes) is 1. The Kier molecular flexibility index (Phi) is 6.59. The predicted molar refractivity (Wildman–Crippen MR) is 60.9 cm³/mol. The zero-order chi connectivity index (χ0) is 12.6. The van der Waals surface area contributed by atoms with Gasteiger partial charge in [0, 0.05) is 0 Å². The van der Waals surface area contributed by atoms with Crippen molar-refractivity contribution in [1.29, 1.82) is 0 Å². The highest BCUT2D eigenvalue weighted by Crippen LogP contribution is 2.03. The lowest BCUT2D eigenvalue weighted by molar-refractivity contribution is 0.0681. The zero-order valence-corrected chi connectivity index (χ0v) is 9.43. The number of carbonyl (C=O) groups is 2. The van der Waals surface area contributed by atoms with Gasteiger partial charge in [-0.25, -0.2) is 9.59 Å². The molecule has 88 valence electrons. The summed E-state index contributed by atoms with van der Waals surface area (Å²) >= 11 is 0. The summed E-state index contributed by atoms with van der Waals surface area (Å²) in [5.74, 6) is -2.13. The molecular weight excluding hydrogens is 208 g/mol. The van der Waals surface area contributed by atoms with Crippen LogP contribution in [0.5, 0.6) is 0 Å². The smallest absolute Gasteiger partial charge is 0.335 e. The topological polar surface area (TPSA) is 74.6 Å². The molecule has 16 heavy (non-hydrogen) atoms. The fraction of sp³-hybridized carbons (Fsp3) is 0.333. The molecule has 0 fully saturated rings. The van der Waals surface area contributed by atoms with Gasteiger partial charge in [0.15, 0.2) is 0 Å². The van der Waals surface area contributed by atoms with Gasteiger partial charge in [0.25, 0.3) is 0 Å². The third-order valence-corrected chi connectivity index (χ3v) is 1.88. The number of benzene rings is 1. The van der Waals surface area contributed by atoms with Gasteiger partial charge in [-0.05, 0) is 24.3 Å². The van der Waals surface area contributed by atoms with Crippen LogP contribution in [0.25, 0.3) is 0 Å². The maximum atomic E-state index is 10.3. The van der Waals surface area contributed by atoms with Crippen molar-refractivity contribution in [1.82, 2.24) is 0 Å². The molecule has 0 radical (unpaired) electrons. The van der Waals surface area contributed by atoms with Gasteiger partial charge >= 0.3 is 11.9 Å². The Morgan fingerprint density at radius 2 is 1.12 bits per heavy atom. The van der Waals surface area contributed by atoms with Gasteiger partial charge in [0.1, 0.15) is 0 Å². The molecule has 0 saturated heterocycles. The second kappa shape index (κ2) is 7.45. The molecular formula is C12H16O4. The normalized spacial score (nSPS) is 8.88.